The molecule has 1 amide bonds. The number of hydrogen-bond acceptors (Lipinski definition) is 2. The van der Waals surface area contributed by atoms with E-state index in [1.54, 1.807) is 0 Å². The molecule has 4 heteroatoms. The molecular formula is C14H19BrN2O. The van der Waals surface area contributed by atoms with Crippen LogP contribution in [0.25, 0.3) is 0 Å². The van der Waals surface area contributed by atoms with Gasteiger partial charge in [0.2, 0.25) is 0 Å². The largest absolute Gasteiger partial charge is 0.336 e. The number of aryl methyl sites for hydroxylation is 1. The first-order chi connectivity index (χ1) is 8.37. The predicted octanol–water partition coefficient (Wildman–Crippen LogP) is 2.58. The summed E-state index contributed by atoms with van der Waals surface area (Å²) in [7, 11) is 0. The Kier molecular flexibility index (Phi) is 3.78. The molecule has 0 aromatic heterocycles. The first kappa shape index (κ1) is 13.6. The quantitative estimate of drug-likeness (QED) is 0.864. The Hall–Kier alpha value is -0.870. The van der Waals surface area contributed by atoms with Gasteiger partial charge in [0.15, 0.2) is 0 Å². The second-order valence-corrected chi connectivity index (χ2v) is 6.47. The normalized spacial score (nSPS) is 18.8. The summed E-state index contributed by atoms with van der Waals surface area (Å²) in [4.78, 5) is 14.4. The molecule has 0 radical (unpaired) electrons. The molecule has 2 rings (SSSR count). The molecule has 1 aromatic carbocycles. The molecule has 1 heterocycles. The molecule has 98 valence electrons. The maximum absolute atomic E-state index is 12.5. The lowest BCUT2D eigenvalue weighted by molar-refractivity contribution is 0.0652. The number of carbonyl (C=O) groups is 1. The summed E-state index contributed by atoms with van der Waals surface area (Å²) in [5.41, 5.74) is 1.86. The summed E-state index contributed by atoms with van der Waals surface area (Å²) in [6.45, 7) is 8.62. The van der Waals surface area contributed by atoms with Crippen LogP contribution < -0.4 is 5.32 Å². The molecule has 0 bridgehead atoms. The van der Waals surface area contributed by atoms with Gasteiger partial charge in [0.05, 0.1) is 0 Å². The van der Waals surface area contributed by atoms with Gasteiger partial charge in [-0.3, -0.25) is 4.79 Å². The van der Waals surface area contributed by atoms with Crippen molar-refractivity contribution in [1.82, 2.24) is 10.2 Å². The average Bonchev–Trinajstić information content (AvgIpc) is 2.25. The predicted molar refractivity (Wildman–Crippen MR) is 76.9 cm³/mol. The maximum atomic E-state index is 12.5. The molecule has 0 unspecified atom stereocenters. The summed E-state index contributed by atoms with van der Waals surface area (Å²) >= 11 is 3.44. The molecule has 1 N–H and O–H groups in total. The number of piperazine rings is 1. The lowest BCUT2D eigenvalue weighted by Gasteiger charge is -2.39. The molecule has 18 heavy (non-hydrogen) atoms. The lowest BCUT2D eigenvalue weighted by atomic mass is 10.0. The van der Waals surface area contributed by atoms with Crippen LogP contribution in [0.4, 0.5) is 0 Å². The van der Waals surface area contributed by atoms with E-state index in [9.17, 15) is 4.79 Å². The fourth-order valence-electron chi connectivity index (χ4n) is 2.36. The fraction of sp³-hybridized carbons (Fsp3) is 0.500. The zero-order valence-corrected chi connectivity index (χ0v) is 12.7. The summed E-state index contributed by atoms with van der Waals surface area (Å²) in [5, 5.41) is 3.41. The molecule has 1 aliphatic heterocycles. The fourth-order valence-corrected chi connectivity index (χ4v) is 2.96. The summed E-state index contributed by atoms with van der Waals surface area (Å²) < 4.78 is 0.959. The van der Waals surface area contributed by atoms with Crippen molar-refractivity contribution in [3.05, 3.63) is 33.8 Å². The van der Waals surface area contributed by atoms with Crippen molar-refractivity contribution < 1.29 is 4.79 Å². The molecule has 0 spiro atoms. The topological polar surface area (TPSA) is 32.3 Å². The van der Waals surface area contributed by atoms with Gasteiger partial charge < -0.3 is 10.2 Å². The van der Waals surface area contributed by atoms with E-state index in [0.717, 1.165) is 35.2 Å². The molecular weight excluding hydrogens is 292 g/mol. The third-order valence-corrected chi connectivity index (χ3v) is 3.61. The van der Waals surface area contributed by atoms with E-state index in [2.05, 4.69) is 35.1 Å². The van der Waals surface area contributed by atoms with Crippen LogP contribution in [0, 0.1) is 6.92 Å². The Morgan fingerprint density at radius 1 is 1.39 bits per heavy atom. The van der Waals surface area contributed by atoms with E-state index in [0.29, 0.717) is 0 Å². The molecule has 0 atom stereocenters. The zero-order valence-electron chi connectivity index (χ0n) is 11.1. The van der Waals surface area contributed by atoms with Crippen LogP contribution in [0.15, 0.2) is 22.7 Å². The van der Waals surface area contributed by atoms with Gasteiger partial charge in [-0.25, -0.2) is 0 Å². The van der Waals surface area contributed by atoms with Gasteiger partial charge in [-0.2, -0.15) is 0 Å². The van der Waals surface area contributed by atoms with E-state index in [4.69, 9.17) is 0 Å². The highest BCUT2D eigenvalue weighted by Gasteiger charge is 2.29. The Morgan fingerprint density at radius 3 is 2.72 bits per heavy atom. The Labute approximate surface area is 117 Å². The molecule has 1 fully saturated rings. The molecule has 1 saturated heterocycles. The van der Waals surface area contributed by atoms with Gasteiger partial charge in [-0.15, -0.1) is 0 Å². The number of nitrogens with one attached hydrogen (secondary N) is 1. The van der Waals surface area contributed by atoms with Crippen LogP contribution in [0.5, 0.6) is 0 Å². The minimum atomic E-state index is -0.00499. The van der Waals surface area contributed by atoms with Gasteiger partial charge in [0.1, 0.15) is 0 Å². The highest BCUT2D eigenvalue weighted by atomic mass is 79.9. The summed E-state index contributed by atoms with van der Waals surface area (Å²) in [5.74, 6) is 0.119. The van der Waals surface area contributed by atoms with Gasteiger partial charge >= 0.3 is 0 Å². The van der Waals surface area contributed by atoms with E-state index in [1.165, 1.54) is 0 Å². The van der Waals surface area contributed by atoms with Crippen molar-refractivity contribution >= 4 is 21.8 Å². The number of halogens is 1. The van der Waals surface area contributed by atoms with Crippen LogP contribution >= 0.6 is 15.9 Å². The minimum absolute atomic E-state index is 0.00499. The number of rotatable bonds is 1. The van der Waals surface area contributed by atoms with Crippen molar-refractivity contribution in [3.8, 4) is 0 Å². The summed E-state index contributed by atoms with van der Waals surface area (Å²) in [6, 6.07) is 5.85. The van der Waals surface area contributed by atoms with Crippen LogP contribution in [0.1, 0.15) is 29.8 Å². The van der Waals surface area contributed by atoms with E-state index in [1.807, 2.05) is 30.0 Å². The number of amides is 1. The number of nitrogens with zero attached hydrogens (tertiary/aromatic N) is 1. The minimum Gasteiger partial charge on any atom is -0.336 e. The Bertz CT molecular complexity index is 451. The van der Waals surface area contributed by atoms with Crippen molar-refractivity contribution in [2.24, 2.45) is 0 Å². The van der Waals surface area contributed by atoms with E-state index < -0.39 is 0 Å². The summed E-state index contributed by atoms with van der Waals surface area (Å²) in [6.07, 6.45) is 0. The van der Waals surface area contributed by atoms with Gasteiger partial charge in [0, 0.05) is 35.2 Å². The number of carbonyl (C=O) groups excluding carboxylic acids is 1. The van der Waals surface area contributed by atoms with Gasteiger partial charge in [0.25, 0.3) is 5.91 Å². The van der Waals surface area contributed by atoms with E-state index in [-0.39, 0.29) is 11.4 Å². The van der Waals surface area contributed by atoms with Crippen molar-refractivity contribution in [3.63, 3.8) is 0 Å². The highest BCUT2D eigenvalue weighted by molar-refractivity contribution is 9.10. The average molecular weight is 311 g/mol. The van der Waals surface area contributed by atoms with Crippen LogP contribution in [0.3, 0.4) is 0 Å². The van der Waals surface area contributed by atoms with Gasteiger partial charge in [-0.05, 0) is 44.5 Å². The van der Waals surface area contributed by atoms with E-state index >= 15 is 0 Å². The zero-order chi connectivity index (χ0) is 13.3. The smallest absolute Gasteiger partial charge is 0.254 e. The van der Waals surface area contributed by atoms with Gasteiger partial charge in [-0.1, -0.05) is 15.9 Å². The van der Waals surface area contributed by atoms with Crippen LogP contribution in [-0.4, -0.2) is 36.0 Å². The SMILES string of the molecule is Cc1cc(Br)cc(C(=O)N2CCNC(C)(C)C2)c1. The number of benzene rings is 1. The molecule has 0 saturated carbocycles. The number of hydrogen-bond donors (Lipinski definition) is 1. The third-order valence-electron chi connectivity index (χ3n) is 3.15. The van der Waals surface area contributed by atoms with Crippen molar-refractivity contribution in [2.75, 3.05) is 19.6 Å². The molecule has 1 aromatic rings. The second kappa shape index (κ2) is 5.02. The first-order valence-electron chi connectivity index (χ1n) is 6.19. The second-order valence-electron chi connectivity index (χ2n) is 5.55. The maximum Gasteiger partial charge on any atom is 0.254 e. The molecule has 1 aliphatic rings. The lowest BCUT2D eigenvalue weighted by Crippen LogP contribution is -2.58. The van der Waals surface area contributed by atoms with Crippen molar-refractivity contribution in [1.29, 1.82) is 0 Å². The standard InChI is InChI=1S/C14H19BrN2O/c1-10-6-11(8-12(15)7-10)13(18)17-5-4-16-14(2,3)9-17/h6-8,16H,4-5,9H2,1-3H3. The van der Waals surface area contributed by atoms with Crippen LogP contribution in [0.2, 0.25) is 0 Å². The molecule has 0 aliphatic carbocycles. The third kappa shape index (κ3) is 3.12. The first-order valence-corrected chi connectivity index (χ1v) is 6.98. The highest BCUT2D eigenvalue weighted by Crippen LogP contribution is 2.19. The Balaban J connectivity index is 2.20. The molecule has 3 nitrogen and oxygen atoms in total. The monoisotopic (exact) mass is 310 g/mol. The van der Waals surface area contributed by atoms with Crippen molar-refractivity contribution in [2.45, 2.75) is 26.3 Å². The Morgan fingerprint density at radius 2 is 2.11 bits per heavy atom. The van der Waals surface area contributed by atoms with Crippen LogP contribution in [-0.2, 0) is 0 Å².